The Balaban J connectivity index is 4.35. The van der Waals surface area contributed by atoms with Gasteiger partial charge in [0.15, 0.2) is 0 Å². The Bertz CT molecular complexity index is 224. The molecule has 0 bridgehead atoms. The van der Waals surface area contributed by atoms with Crippen LogP contribution in [-0.2, 0) is 4.84 Å². The van der Waals surface area contributed by atoms with Crippen LogP contribution >= 0.6 is 0 Å². The van der Waals surface area contributed by atoms with Crippen molar-refractivity contribution >= 4 is 0 Å². The van der Waals surface area contributed by atoms with Gasteiger partial charge < -0.3 is 30.6 Å². The van der Waals surface area contributed by atoms with Gasteiger partial charge in [0, 0.05) is 0 Å². The van der Waals surface area contributed by atoms with Crippen molar-refractivity contribution in [3.8, 4) is 0 Å². The predicted molar refractivity (Wildman–Crippen MR) is 45.2 cm³/mol. The summed E-state index contributed by atoms with van der Waals surface area (Å²) in [5.41, 5.74) is 0. The van der Waals surface area contributed by atoms with Gasteiger partial charge in [0.05, 0.1) is 6.61 Å². The van der Waals surface area contributed by atoms with Crippen LogP contribution in [0.25, 0.3) is 0 Å². The van der Waals surface area contributed by atoms with Crippen LogP contribution in [0.2, 0.25) is 0 Å². The highest BCUT2D eigenvalue weighted by Crippen LogP contribution is 2.09. The molecule has 0 aromatic rings. The van der Waals surface area contributed by atoms with Crippen LogP contribution in [0.15, 0.2) is 0 Å². The second-order valence-electron chi connectivity index (χ2n) is 2.94. The van der Waals surface area contributed by atoms with Crippen LogP contribution < -0.4 is 0 Å². The molecule has 0 saturated heterocycles. The second kappa shape index (κ2) is 6.52. The van der Waals surface area contributed by atoms with Gasteiger partial charge in [-0.3, -0.25) is 4.84 Å². The van der Waals surface area contributed by atoms with Crippen molar-refractivity contribution in [3.05, 3.63) is 10.1 Å². The predicted octanol–water partition coefficient (Wildman–Crippen LogP) is -4.05. The molecule has 0 spiro atoms. The van der Waals surface area contributed by atoms with E-state index in [0.717, 1.165) is 0 Å². The number of hydrogen-bond donors (Lipinski definition) is 6. The number of aliphatic hydroxyl groups is 6. The Hall–Kier alpha value is -1.04. The van der Waals surface area contributed by atoms with Gasteiger partial charge in [0.2, 0.25) is 6.29 Å². The monoisotopic (exact) mass is 243 g/mol. The fraction of sp³-hybridized carbons (Fsp3) is 1.00. The molecular weight excluding hydrogens is 230 g/mol. The van der Waals surface area contributed by atoms with E-state index in [-0.39, 0.29) is 0 Å². The summed E-state index contributed by atoms with van der Waals surface area (Å²) in [6.07, 6.45) is -10.5. The first-order chi connectivity index (χ1) is 7.31. The molecule has 0 aromatic carbocycles. The van der Waals surface area contributed by atoms with E-state index in [2.05, 4.69) is 4.84 Å². The molecule has 0 saturated carbocycles. The van der Waals surface area contributed by atoms with Gasteiger partial charge in [-0.1, -0.05) is 0 Å². The van der Waals surface area contributed by atoms with Crippen molar-refractivity contribution in [3.63, 3.8) is 0 Å². The maximum absolute atomic E-state index is 9.78. The van der Waals surface area contributed by atoms with Gasteiger partial charge in [-0.2, -0.15) is 0 Å². The Kier molecular flexibility index (Phi) is 6.10. The van der Waals surface area contributed by atoms with Crippen LogP contribution in [0, 0.1) is 10.1 Å². The Morgan fingerprint density at radius 1 is 1.06 bits per heavy atom. The first kappa shape index (κ1) is 15.0. The van der Waals surface area contributed by atoms with Gasteiger partial charge in [-0.15, -0.1) is 10.1 Å². The average Bonchev–Trinajstić information content (AvgIpc) is 2.23. The lowest BCUT2D eigenvalue weighted by atomic mass is 10.0. The van der Waals surface area contributed by atoms with Gasteiger partial charge in [-0.25, -0.2) is 0 Å². The smallest absolute Gasteiger partial charge is 0.297 e. The number of nitrogens with zero attached hydrogens (tertiary/aromatic N) is 1. The molecule has 0 aliphatic rings. The molecule has 0 radical (unpaired) electrons. The van der Waals surface area contributed by atoms with Crippen molar-refractivity contribution in [1.29, 1.82) is 0 Å². The van der Waals surface area contributed by atoms with E-state index in [1.54, 1.807) is 0 Å². The lowest BCUT2D eigenvalue weighted by Crippen LogP contribution is -2.50. The van der Waals surface area contributed by atoms with E-state index < -0.39 is 42.4 Å². The fourth-order valence-corrected chi connectivity index (χ4v) is 0.857. The van der Waals surface area contributed by atoms with Crippen LogP contribution in [0.5, 0.6) is 0 Å². The molecule has 0 aliphatic heterocycles. The zero-order valence-electron chi connectivity index (χ0n) is 7.95. The SMILES string of the molecule is O=[N+]([O-])OC(O)[C@H](O)[C@H](O)[C@H](O)[C@@H](O)CO. The largest absolute Gasteiger partial charge is 0.394 e. The fourth-order valence-electron chi connectivity index (χ4n) is 0.857. The standard InChI is InChI=1S/C6H13NO9/c8-1-2(9)3(10)4(11)5(12)6(13)16-7(14)15/h2-6,8-13H,1H2/t2-,3+,4+,5+,6?/m0/s1. The normalized spacial score (nSPS) is 20.6. The lowest BCUT2D eigenvalue weighted by molar-refractivity contribution is -0.782. The molecule has 6 N–H and O–H groups in total. The zero-order chi connectivity index (χ0) is 12.9. The number of rotatable bonds is 7. The van der Waals surface area contributed by atoms with Gasteiger partial charge >= 0.3 is 0 Å². The summed E-state index contributed by atoms with van der Waals surface area (Å²) >= 11 is 0. The Morgan fingerprint density at radius 3 is 1.94 bits per heavy atom. The quantitative estimate of drug-likeness (QED) is 0.148. The summed E-state index contributed by atoms with van der Waals surface area (Å²) < 4.78 is 0. The first-order valence-electron chi connectivity index (χ1n) is 4.13. The molecule has 96 valence electrons. The molecule has 10 nitrogen and oxygen atoms in total. The van der Waals surface area contributed by atoms with Crippen LogP contribution in [-0.4, -0.2) is 73.0 Å². The number of hydrogen-bond acceptors (Lipinski definition) is 9. The molecule has 16 heavy (non-hydrogen) atoms. The minimum atomic E-state index is -2.38. The van der Waals surface area contributed by atoms with Gasteiger partial charge in [0.25, 0.3) is 5.09 Å². The van der Waals surface area contributed by atoms with Crippen molar-refractivity contribution in [2.24, 2.45) is 0 Å². The highest BCUT2D eigenvalue weighted by Gasteiger charge is 2.35. The highest BCUT2D eigenvalue weighted by molar-refractivity contribution is 4.81. The summed E-state index contributed by atoms with van der Waals surface area (Å²) in [5.74, 6) is 0. The number of aliphatic hydroxyl groups excluding tert-OH is 6. The van der Waals surface area contributed by atoms with Gasteiger partial charge in [-0.05, 0) is 0 Å². The van der Waals surface area contributed by atoms with Crippen LogP contribution in [0.3, 0.4) is 0 Å². The van der Waals surface area contributed by atoms with Crippen molar-refractivity contribution in [1.82, 2.24) is 0 Å². The molecule has 1 unspecified atom stereocenters. The van der Waals surface area contributed by atoms with Crippen molar-refractivity contribution in [2.75, 3.05) is 6.61 Å². The molecule has 5 atom stereocenters. The second-order valence-corrected chi connectivity index (χ2v) is 2.94. The van der Waals surface area contributed by atoms with Crippen LogP contribution in [0.1, 0.15) is 0 Å². The molecule has 0 aromatic heterocycles. The van der Waals surface area contributed by atoms with E-state index in [4.69, 9.17) is 30.6 Å². The summed E-state index contributed by atoms with van der Waals surface area (Å²) in [6.45, 7) is -0.906. The molecule has 0 amide bonds. The van der Waals surface area contributed by atoms with Crippen molar-refractivity contribution in [2.45, 2.75) is 30.7 Å². The van der Waals surface area contributed by atoms with Crippen molar-refractivity contribution < 1.29 is 40.6 Å². The first-order valence-corrected chi connectivity index (χ1v) is 4.13. The maximum Gasteiger partial charge on any atom is 0.297 e. The topological polar surface area (TPSA) is 174 Å². The van der Waals surface area contributed by atoms with E-state index in [0.29, 0.717) is 0 Å². The summed E-state index contributed by atoms with van der Waals surface area (Å²) in [6, 6.07) is 0. The van der Waals surface area contributed by atoms with E-state index in [1.807, 2.05) is 0 Å². The maximum atomic E-state index is 9.78. The third-order valence-electron chi connectivity index (χ3n) is 1.77. The lowest BCUT2D eigenvalue weighted by Gasteiger charge is -2.27. The summed E-state index contributed by atoms with van der Waals surface area (Å²) in [5, 5.41) is 61.8. The highest BCUT2D eigenvalue weighted by atomic mass is 17.0. The molecular formula is C6H13NO9. The third-order valence-corrected chi connectivity index (χ3v) is 1.77. The van der Waals surface area contributed by atoms with Gasteiger partial charge in [0.1, 0.15) is 24.4 Å². The Morgan fingerprint density at radius 2 is 1.56 bits per heavy atom. The minimum absolute atomic E-state index is 0.906. The molecule has 0 heterocycles. The summed E-state index contributed by atoms with van der Waals surface area (Å²) in [4.78, 5) is 13.3. The summed E-state index contributed by atoms with van der Waals surface area (Å²) in [7, 11) is 0. The molecule has 0 rings (SSSR count). The molecule has 0 fully saturated rings. The van der Waals surface area contributed by atoms with E-state index >= 15 is 0 Å². The van der Waals surface area contributed by atoms with E-state index in [9.17, 15) is 10.1 Å². The third kappa shape index (κ3) is 4.22. The molecule has 10 heteroatoms. The molecule has 0 aliphatic carbocycles. The Labute approximate surface area is 89.0 Å². The van der Waals surface area contributed by atoms with E-state index in [1.165, 1.54) is 0 Å². The zero-order valence-corrected chi connectivity index (χ0v) is 7.95. The van der Waals surface area contributed by atoms with Crippen LogP contribution in [0.4, 0.5) is 0 Å². The minimum Gasteiger partial charge on any atom is -0.394 e. The average molecular weight is 243 g/mol.